The molecule has 0 unspecified atom stereocenters. The highest BCUT2D eigenvalue weighted by atomic mass is 19.4. The van der Waals surface area contributed by atoms with Crippen LogP contribution >= 0.6 is 0 Å². The van der Waals surface area contributed by atoms with E-state index in [1.807, 2.05) is 25.7 Å². The Morgan fingerprint density at radius 2 is 1.83 bits per heavy atom. The van der Waals surface area contributed by atoms with Crippen molar-refractivity contribution in [3.8, 4) is 0 Å². The molecule has 2 saturated heterocycles. The Morgan fingerprint density at radius 1 is 1.17 bits per heavy atom. The van der Waals surface area contributed by atoms with Gasteiger partial charge in [0, 0.05) is 37.7 Å². The summed E-state index contributed by atoms with van der Waals surface area (Å²) < 4.78 is 45.3. The third-order valence-corrected chi connectivity index (χ3v) is 5.35. The predicted molar refractivity (Wildman–Crippen MR) is 103 cm³/mol. The van der Waals surface area contributed by atoms with Crippen molar-refractivity contribution in [2.75, 3.05) is 24.5 Å². The van der Waals surface area contributed by atoms with Crippen molar-refractivity contribution in [2.45, 2.75) is 57.7 Å². The van der Waals surface area contributed by atoms with Crippen LogP contribution in [0, 0.1) is 5.92 Å². The number of ether oxygens (including phenoxy) is 1. The van der Waals surface area contributed by atoms with E-state index in [4.69, 9.17) is 4.74 Å². The number of halogens is 3. The molecule has 2 heterocycles. The summed E-state index contributed by atoms with van der Waals surface area (Å²) in [6.45, 7) is 6.79. The lowest BCUT2D eigenvalue weighted by molar-refractivity contribution is -0.160. The molecule has 1 aromatic carbocycles. The van der Waals surface area contributed by atoms with Gasteiger partial charge in [0.1, 0.15) is 5.60 Å². The molecule has 0 radical (unpaired) electrons. The zero-order valence-electron chi connectivity index (χ0n) is 16.9. The van der Waals surface area contributed by atoms with Gasteiger partial charge in [-0.05, 0) is 51.3 Å². The van der Waals surface area contributed by atoms with Gasteiger partial charge in [-0.25, -0.2) is 0 Å². The second kappa shape index (κ2) is 7.88. The Labute approximate surface area is 168 Å². The number of carbonyl (C=O) groups is 2. The van der Waals surface area contributed by atoms with Crippen molar-refractivity contribution in [3.05, 3.63) is 29.3 Å². The van der Waals surface area contributed by atoms with Crippen LogP contribution in [0.1, 0.15) is 57.1 Å². The smallest absolute Gasteiger partial charge is 0.416 e. The molecule has 2 aliphatic rings. The quantitative estimate of drug-likeness (QED) is 0.766. The SMILES string of the molecule is CC(C)(C)OC(=O)C1CCN(c2cc(C(F)(F)F)ccc2[C@H]2CNC(=O)C2)CC1. The van der Waals surface area contributed by atoms with Gasteiger partial charge in [0.15, 0.2) is 0 Å². The van der Waals surface area contributed by atoms with Gasteiger partial charge in [-0.1, -0.05) is 6.07 Å². The highest BCUT2D eigenvalue weighted by Gasteiger charge is 2.35. The lowest BCUT2D eigenvalue weighted by atomic mass is 9.91. The molecule has 0 spiro atoms. The lowest BCUT2D eigenvalue weighted by Gasteiger charge is -2.36. The minimum Gasteiger partial charge on any atom is -0.460 e. The van der Waals surface area contributed by atoms with Crippen molar-refractivity contribution in [2.24, 2.45) is 5.92 Å². The summed E-state index contributed by atoms with van der Waals surface area (Å²) in [4.78, 5) is 25.8. The van der Waals surface area contributed by atoms with E-state index in [0.29, 0.717) is 38.2 Å². The molecular formula is C21H27F3N2O3. The maximum absolute atomic E-state index is 13.3. The van der Waals surface area contributed by atoms with Crippen molar-refractivity contribution < 1.29 is 27.5 Å². The van der Waals surface area contributed by atoms with Gasteiger partial charge in [-0.2, -0.15) is 13.2 Å². The molecule has 2 aliphatic heterocycles. The molecule has 0 bridgehead atoms. The number of esters is 1. The number of amides is 1. The largest absolute Gasteiger partial charge is 0.460 e. The molecule has 8 heteroatoms. The van der Waals surface area contributed by atoms with Crippen LogP contribution in [-0.2, 0) is 20.5 Å². The molecule has 0 aliphatic carbocycles. The summed E-state index contributed by atoms with van der Waals surface area (Å²) in [6, 6.07) is 3.74. The van der Waals surface area contributed by atoms with Gasteiger partial charge in [0.2, 0.25) is 5.91 Å². The van der Waals surface area contributed by atoms with Crippen LogP contribution < -0.4 is 10.2 Å². The first kappa shape index (κ1) is 21.5. The summed E-state index contributed by atoms with van der Waals surface area (Å²) >= 11 is 0. The number of nitrogens with zero attached hydrogens (tertiary/aromatic N) is 1. The molecular weight excluding hydrogens is 385 g/mol. The zero-order valence-corrected chi connectivity index (χ0v) is 16.9. The second-order valence-corrected chi connectivity index (χ2v) is 8.77. The molecule has 1 aromatic rings. The summed E-state index contributed by atoms with van der Waals surface area (Å²) in [5.74, 6) is -0.755. The summed E-state index contributed by atoms with van der Waals surface area (Å²) in [7, 11) is 0. The topological polar surface area (TPSA) is 58.6 Å². The zero-order chi connectivity index (χ0) is 21.4. The molecule has 29 heavy (non-hydrogen) atoms. The number of benzene rings is 1. The Balaban J connectivity index is 1.80. The normalized spacial score (nSPS) is 21.2. The first-order valence-electron chi connectivity index (χ1n) is 9.89. The summed E-state index contributed by atoms with van der Waals surface area (Å²) in [5.41, 5.74) is -0.0245. The lowest BCUT2D eigenvalue weighted by Crippen LogP contribution is -2.39. The fourth-order valence-corrected chi connectivity index (χ4v) is 3.91. The van der Waals surface area contributed by atoms with Gasteiger partial charge >= 0.3 is 12.1 Å². The Morgan fingerprint density at radius 3 is 2.34 bits per heavy atom. The fourth-order valence-electron chi connectivity index (χ4n) is 3.91. The first-order valence-corrected chi connectivity index (χ1v) is 9.89. The molecule has 1 N–H and O–H groups in total. The minimum atomic E-state index is -4.44. The molecule has 5 nitrogen and oxygen atoms in total. The van der Waals surface area contributed by atoms with Crippen LogP contribution in [0.15, 0.2) is 18.2 Å². The predicted octanol–water partition coefficient (Wildman–Crippen LogP) is 3.87. The Bertz CT molecular complexity index is 778. The van der Waals surface area contributed by atoms with E-state index in [2.05, 4.69) is 5.32 Å². The van der Waals surface area contributed by atoms with Crippen molar-refractivity contribution in [1.82, 2.24) is 5.32 Å². The molecule has 0 aromatic heterocycles. The van der Waals surface area contributed by atoms with Gasteiger partial charge in [-0.3, -0.25) is 9.59 Å². The number of rotatable bonds is 3. The number of hydrogen-bond donors (Lipinski definition) is 1. The third-order valence-electron chi connectivity index (χ3n) is 5.35. The average molecular weight is 412 g/mol. The van der Waals surface area contributed by atoms with E-state index in [9.17, 15) is 22.8 Å². The summed E-state index contributed by atoms with van der Waals surface area (Å²) in [5, 5.41) is 2.75. The highest BCUT2D eigenvalue weighted by Crippen LogP contribution is 2.39. The van der Waals surface area contributed by atoms with Crippen LogP contribution in [0.3, 0.4) is 0 Å². The summed E-state index contributed by atoms with van der Waals surface area (Å²) in [6.07, 6.45) is -3.13. The minimum absolute atomic E-state index is 0.0931. The number of nitrogens with one attached hydrogen (secondary N) is 1. The van der Waals surface area contributed by atoms with Gasteiger partial charge < -0.3 is 15.0 Å². The highest BCUT2D eigenvalue weighted by molar-refractivity contribution is 5.80. The van der Waals surface area contributed by atoms with Gasteiger partial charge in [0.05, 0.1) is 11.5 Å². The monoisotopic (exact) mass is 412 g/mol. The van der Waals surface area contributed by atoms with Crippen LogP contribution in [0.5, 0.6) is 0 Å². The maximum Gasteiger partial charge on any atom is 0.416 e. The second-order valence-electron chi connectivity index (χ2n) is 8.77. The van der Waals surface area contributed by atoms with Crippen molar-refractivity contribution >= 4 is 17.6 Å². The number of hydrogen-bond acceptors (Lipinski definition) is 4. The van der Waals surface area contributed by atoms with Gasteiger partial charge in [-0.15, -0.1) is 0 Å². The van der Waals surface area contributed by atoms with Crippen molar-refractivity contribution in [1.29, 1.82) is 0 Å². The number of carbonyl (C=O) groups excluding carboxylic acids is 2. The van der Waals surface area contributed by atoms with E-state index < -0.39 is 17.3 Å². The van der Waals surface area contributed by atoms with Gasteiger partial charge in [0.25, 0.3) is 0 Å². The van der Waals surface area contributed by atoms with E-state index in [1.54, 1.807) is 0 Å². The Hall–Kier alpha value is -2.25. The van der Waals surface area contributed by atoms with E-state index >= 15 is 0 Å². The molecule has 2 fully saturated rings. The van der Waals surface area contributed by atoms with Crippen LogP contribution in [0.25, 0.3) is 0 Å². The Kier molecular flexibility index (Phi) is 5.83. The van der Waals surface area contributed by atoms with Crippen LogP contribution in [0.2, 0.25) is 0 Å². The molecule has 1 amide bonds. The van der Waals surface area contributed by atoms with Crippen LogP contribution in [0.4, 0.5) is 18.9 Å². The molecule has 0 saturated carbocycles. The fraction of sp³-hybridized carbons (Fsp3) is 0.619. The first-order chi connectivity index (χ1) is 13.4. The third kappa shape index (κ3) is 5.22. The van der Waals surface area contributed by atoms with Crippen molar-refractivity contribution in [3.63, 3.8) is 0 Å². The number of piperidine rings is 1. The van der Waals surface area contributed by atoms with E-state index in [0.717, 1.165) is 11.6 Å². The molecule has 3 rings (SSSR count). The van der Waals surface area contributed by atoms with E-state index in [1.165, 1.54) is 12.1 Å². The standard InChI is InChI=1S/C21H27F3N2O3/c1-20(2,3)29-19(28)13-6-8-26(9-7-13)17-11-15(21(22,23)24)4-5-16(17)14-10-18(27)25-12-14/h4-5,11,13-14H,6-10,12H2,1-3H3,(H,25,27)/t14-/m1/s1. The van der Waals surface area contributed by atoms with Crippen LogP contribution in [-0.4, -0.2) is 37.1 Å². The van der Waals surface area contributed by atoms with E-state index in [-0.39, 0.29) is 30.1 Å². The number of anilines is 1. The average Bonchev–Trinajstić information content (AvgIpc) is 3.05. The maximum atomic E-state index is 13.3. The number of alkyl halides is 3. The molecule has 160 valence electrons. The molecule has 1 atom stereocenters.